The number of hydrogen-bond acceptors (Lipinski definition) is 4. The molecule has 1 aromatic rings. The molecule has 0 atom stereocenters. The van der Waals surface area contributed by atoms with Crippen molar-refractivity contribution in [2.75, 3.05) is 13.1 Å². The van der Waals surface area contributed by atoms with E-state index in [0.29, 0.717) is 6.54 Å². The number of nitriles is 1. The Morgan fingerprint density at radius 1 is 1.43 bits per heavy atom. The second-order valence-electron chi connectivity index (χ2n) is 4.08. The van der Waals surface area contributed by atoms with Crippen molar-refractivity contribution in [3.8, 4) is 6.07 Å². The highest BCUT2D eigenvalue weighted by Crippen LogP contribution is 2.11. The van der Waals surface area contributed by atoms with E-state index >= 15 is 0 Å². The lowest BCUT2D eigenvalue weighted by Gasteiger charge is -2.04. The van der Waals surface area contributed by atoms with Gasteiger partial charge in [0.25, 0.3) is 5.91 Å². The second-order valence-corrected chi connectivity index (χ2v) is 5.00. The summed E-state index contributed by atoms with van der Waals surface area (Å²) in [5.74, 6) is -1.88. The summed E-state index contributed by atoms with van der Waals surface area (Å²) in [4.78, 5) is 21.8. The number of nitrogens with one attached hydrogen (secondary N) is 2. The predicted molar refractivity (Wildman–Crippen MR) is 80.2 cm³/mol. The van der Waals surface area contributed by atoms with E-state index in [1.54, 1.807) is 6.07 Å². The molecule has 0 bridgehead atoms. The van der Waals surface area contributed by atoms with Crippen molar-refractivity contribution in [2.24, 2.45) is 0 Å². The summed E-state index contributed by atoms with van der Waals surface area (Å²) in [6.07, 6.45) is 2.01. The largest absolute Gasteiger partial charge is 0.480 e. The molecule has 0 spiro atoms. The van der Waals surface area contributed by atoms with Crippen LogP contribution in [0.4, 0.5) is 0 Å². The Bertz CT molecular complexity index is 593. The Hall–Kier alpha value is -2.33. The fourth-order valence-electron chi connectivity index (χ4n) is 1.48. The molecule has 0 saturated heterocycles. The molecule has 0 aliphatic rings. The SMILES string of the molecule is N#C/C(=C/NCCc1cccc(Br)c1)C(=O)NCC(=O)O. The molecule has 21 heavy (non-hydrogen) atoms. The number of carboxylic acids is 1. The van der Waals surface area contributed by atoms with Gasteiger partial charge < -0.3 is 15.7 Å². The van der Waals surface area contributed by atoms with Crippen LogP contribution in [0.15, 0.2) is 40.5 Å². The topological polar surface area (TPSA) is 102 Å². The van der Waals surface area contributed by atoms with Crippen LogP contribution in [0.5, 0.6) is 0 Å². The number of hydrogen-bond donors (Lipinski definition) is 3. The summed E-state index contributed by atoms with van der Waals surface area (Å²) in [7, 11) is 0. The molecule has 0 aliphatic heterocycles. The van der Waals surface area contributed by atoms with E-state index in [-0.39, 0.29) is 5.57 Å². The summed E-state index contributed by atoms with van der Waals surface area (Å²) in [5.41, 5.74) is 0.949. The van der Waals surface area contributed by atoms with Crippen LogP contribution >= 0.6 is 15.9 Å². The molecule has 3 N–H and O–H groups in total. The van der Waals surface area contributed by atoms with Gasteiger partial charge in [-0.2, -0.15) is 5.26 Å². The van der Waals surface area contributed by atoms with Gasteiger partial charge in [0.15, 0.2) is 0 Å². The molecule has 1 aromatic carbocycles. The minimum absolute atomic E-state index is 0.162. The quantitative estimate of drug-likeness (QED) is 0.389. The molecular weight excluding hydrogens is 338 g/mol. The Labute approximate surface area is 130 Å². The lowest BCUT2D eigenvalue weighted by molar-refractivity contribution is -0.137. The molecule has 7 heteroatoms. The van der Waals surface area contributed by atoms with Crippen LogP contribution in [0.1, 0.15) is 5.56 Å². The highest BCUT2D eigenvalue weighted by molar-refractivity contribution is 9.10. The van der Waals surface area contributed by atoms with Crippen molar-refractivity contribution in [1.29, 1.82) is 5.26 Å². The van der Waals surface area contributed by atoms with Gasteiger partial charge in [-0.05, 0) is 24.1 Å². The molecule has 0 aromatic heterocycles. The molecule has 0 aliphatic carbocycles. The van der Waals surface area contributed by atoms with E-state index in [9.17, 15) is 9.59 Å². The van der Waals surface area contributed by atoms with Gasteiger partial charge in [0.1, 0.15) is 18.2 Å². The first-order chi connectivity index (χ1) is 10.0. The molecule has 0 radical (unpaired) electrons. The van der Waals surface area contributed by atoms with Crippen molar-refractivity contribution in [3.05, 3.63) is 46.1 Å². The highest BCUT2D eigenvalue weighted by atomic mass is 79.9. The summed E-state index contributed by atoms with van der Waals surface area (Å²) in [6.45, 7) is 0.0315. The minimum Gasteiger partial charge on any atom is -0.480 e. The molecule has 0 fully saturated rings. The Morgan fingerprint density at radius 3 is 2.81 bits per heavy atom. The van der Waals surface area contributed by atoms with E-state index in [0.717, 1.165) is 16.5 Å². The zero-order valence-corrected chi connectivity index (χ0v) is 12.7. The summed E-state index contributed by atoms with van der Waals surface area (Å²) >= 11 is 3.38. The number of carboxylic acid groups (broad SMARTS) is 1. The van der Waals surface area contributed by atoms with Crippen LogP contribution in [-0.2, 0) is 16.0 Å². The van der Waals surface area contributed by atoms with Crippen LogP contribution in [0, 0.1) is 11.3 Å². The van der Waals surface area contributed by atoms with Crippen LogP contribution in [-0.4, -0.2) is 30.1 Å². The van der Waals surface area contributed by atoms with Gasteiger partial charge in [-0.25, -0.2) is 0 Å². The maximum atomic E-state index is 11.5. The molecule has 0 unspecified atom stereocenters. The van der Waals surface area contributed by atoms with Crippen molar-refractivity contribution in [2.45, 2.75) is 6.42 Å². The van der Waals surface area contributed by atoms with Crippen molar-refractivity contribution < 1.29 is 14.7 Å². The maximum absolute atomic E-state index is 11.5. The lowest BCUT2D eigenvalue weighted by Crippen LogP contribution is -2.30. The molecular formula is C14H14BrN3O3. The van der Waals surface area contributed by atoms with Crippen molar-refractivity contribution >= 4 is 27.8 Å². The van der Waals surface area contributed by atoms with Gasteiger partial charge in [-0.1, -0.05) is 28.1 Å². The zero-order valence-electron chi connectivity index (χ0n) is 11.1. The molecule has 110 valence electrons. The van der Waals surface area contributed by atoms with Crippen LogP contribution < -0.4 is 10.6 Å². The molecule has 6 nitrogen and oxygen atoms in total. The normalized spacial score (nSPS) is 10.6. The number of carbonyl (C=O) groups is 2. The second kappa shape index (κ2) is 8.76. The van der Waals surface area contributed by atoms with Gasteiger partial charge in [0.05, 0.1) is 0 Å². The number of halogens is 1. The molecule has 0 saturated carbocycles. The van der Waals surface area contributed by atoms with E-state index in [2.05, 4.69) is 26.6 Å². The third-order valence-corrected chi connectivity index (χ3v) is 2.95. The smallest absolute Gasteiger partial charge is 0.322 e. The van der Waals surface area contributed by atoms with Gasteiger partial charge in [0.2, 0.25) is 0 Å². The van der Waals surface area contributed by atoms with E-state index in [1.807, 2.05) is 24.3 Å². The third-order valence-electron chi connectivity index (χ3n) is 2.46. The van der Waals surface area contributed by atoms with Crippen LogP contribution in [0.2, 0.25) is 0 Å². The van der Waals surface area contributed by atoms with Crippen molar-refractivity contribution in [3.63, 3.8) is 0 Å². The lowest BCUT2D eigenvalue weighted by atomic mass is 10.1. The first kappa shape index (κ1) is 16.7. The monoisotopic (exact) mass is 351 g/mol. The highest BCUT2D eigenvalue weighted by Gasteiger charge is 2.09. The van der Waals surface area contributed by atoms with Crippen LogP contribution in [0.3, 0.4) is 0 Å². The van der Waals surface area contributed by atoms with Gasteiger partial charge in [-0.15, -0.1) is 0 Å². The number of rotatable bonds is 7. The fraction of sp³-hybridized carbons (Fsp3) is 0.214. The Balaban J connectivity index is 2.44. The predicted octanol–water partition coefficient (Wildman–Crippen LogP) is 1.19. The maximum Gasteiger partial charge on any atom is 0.322 e. The number of nitrogens with zero attached hydrogens (tertiary/aromatic N) is 1. The van der Waals surface area contributed by atoms with E-state index in [4.69, 9.17) is 10.4 Å². The number of benzene rings is 1. The Morgan fingerprint density at radius 2 is 2.19 bits per heavy atom. The standard InChI is InChI=1S/C14H14BrN3O3/c15-12-3-1-2-10(6-12)4-5-17-8-11(7-16)14(21)18-9-13(19)20/h1-3,6,8,17H,4-5,9H2,(H,18,21)(H,19,20)/b11-8-. The fourth-order valence-corrected chi connectivity index (χ4v) is 1.93. The van der Waals surface area contributed by atoms with Crippen molar-refractivity contribution in [1.82, 2.24) is 10.6 Å². The van der Waals surface area contributed by atoms with E-state index in [1.165, 1.54) is 6.20 Å². The summed E-state index contributed by atoms with van der Waals surface area (Å²) in [6, 6.07) is 9.53. The first-order valence-corrected chi connectivity index (χ1v) is 6.90. The Kier molecular flexibility index (Phi) is 6.98. The van der Waals surface area contributed by atoms with Gasteiger partial charge >= 0.3 is 5.97 Å². The first-order valence-electron chi connectivity index (χ1n) is 6.11. The van der Waals surface area contributed by atoms with E-state index < -0.39 is 18.4 Å². The molecule has 0 heterocycles. The molecule has 1 amide bonds. The average Bonchev–Trinajstić information content (AvgIpc) is 2.45. The van der Waals surface area contributed by atoms with Gasteiger partial charge in [0, 0.05) is 17.2 Å². The summed E-state index contributed by atoms with van der Waals surface area (Å²) < 4.78 is 0.987. The third kappa shape index (κ3) is 6.58. The number of carbonyl (C=O) groups excluding carboxylic acids is 1. The average molecular weight is 352 g/mol. The number of amides is 1. The van der Waals surface area contributed by atoms with Crippen LogP contribution in [0.25, 0.3) is 0 Å². The molecule has 1 rings (SSSR count). The number of aliphatic carboxylic acids is 1. The zero-order chi connectivity index (χ0) is 15.7. The minimum atomic E-state index is -1.16. The summed E-state index contributed by atoms with van der Waals surface area (Å²) in [5, 5.41) is 22.3. The van der Waals surface area contributed by atoms with Gasteiger partial charge in [-0.3, -0.25) is 9.59 Å².